The Morgan fingerprint density at radius 1 is 1.03 bits per heavy atom. The topological polar surface area (TPSA) is 128 Å². The molecular formula is C20H16BrN3O7. The maximum Gasteiger partial charge on any atom is 0.355 e. The molecule has 0 aromatic heterocycles. The standard InChI is InChI=1S/C20H16BrN3O7/c1-30-18(25)15-16(11-3-7-14(8-4-11)24(28)29)22-20(27)23(17(15)19(26)31-2)13-9-5-12(21)6-10-13/h3-10,16H,1-2H3,(H,22,27)/t16-/m0/s1. The predicted molar refractivity (Wildman–Crippen MR) is 112 cm³/mol. The zero-order chi connectivity index (χ0) is 22.7. The van der Waals surface area contributed by atoms with Crippen LogP contribution in [-0.4, -0.2) is 37.1 Å². The molecular weight excluding hydrogens is 474 g/mol. The van der Waals surface area contributed by atoms with Gasteiger partial charge in [0.25, 0.3) is 5.69 Å². The van der Waals surface area contributed by atoms with Gasteiger partial charge in [-0.3, -0.25) is 15.0 Å². The molecule has 31 heavy (non-hydrogen) atoms. The van der Waals surface area contributed by atoms with Crippen molar-refractivity contribution < 1.29 is 28.8 Å². The molecule has 10 nitrogen and oxygen atoms in total. The summed E-state index contributed by atoms with van der Waals surface area (Å²) < 4.78 is 10.5. The molecule has 0 aliphatic carbocycles. The van der Waals surface area contributed by atoms with Crippen LogP contribution >= 0.6 is 15.9 Å². The van der Waals surface area contributed by atoms with Gasteiger partial charge >= 0.3 is 18.0 Å². The Hall–Kier alpha value is -3.73. The summed E-state index contributed by atoms with van der Waals surface area (Å²) in [5, 5.41) is 13.6. The van der Waals surface area contributed by atoms with E-state index in [0.29, 0.717) is 11.3 Å². The van der Waals surface area contributed by atoms with Crippen molar-refractivity contribution in [2.45, 2.75) is 6.04 Å². The fourth-order valence-corrected chi connectivity index (χ4v) is 3.38. The molecule has 1 atom stereocenters. The lowest BCUT2D eigenvalue weighted by Crippen LogP contribution is -2.50. The molecule has 2 aromatic rings. The molecule has 0 saturated heterocycles. The van der Waals surface area contributed by atoms with Crippen LogP contribution in [0.25, 0.3) is 0 Å². The molecule has 1 aliphatic rings. The zero-order valence-corrected chi connectivity index (χ0v) is 17.9. The smallest absolute Gasteiger partial charge is 0.355 e. The molecule has 0 bridgehead atoms. The highest BCUT2D eigenvalue weighted by molar-refractivity contribution is 9.10. The Balaban J connectivity index is 2.23. The Labute approximate surface area is 184 Å². The zero-order valence-electron chi connectivity index (χ0n) is 16.3. The van der Waals surface area contributed by atoms with Gasteiger partial charge in [-0.2, -0.15) is 0 Å². The summed E-state index contributed by atoms with van der Waals surface area (Å²) >= 11 is 3.30. The number of benzene rings is 2. The van der Waals surface area contributed by atoms with E-state index in [1.165, 1.54) is 24.3 Å². The van der Waals surface area contributed by atoms with Crippen LogP contribution in [0.4, 0.5) is 16.2 Å². The molecule has 0 spiro atoms. The van der Waals surface area contributed by atoms with Gasteiger partial charge in [-0.05, 0) is 42.0 Å². The number of rotatable bonds is 5. The average Bonchev–Trinajstić information content (AvgIpc) is 2.78. The number of nitrogens with one attached hydrogen (secondary N) is 1. The number of nitrogens with zero attached hydrogens (tertiary/aromatic N) is 2. The molecule has 160 valence electrons. The summed E-state index contributed by atoms with van der Waals surface area (Å²) in [4.78, 5) is 49.8. The van der Waals surface area contributed by atoms with Gasteiger partial charge in [0.2, 0.25) is 0 Å². The molecule has 1 aliphatic heterocycles. The summed E-state index contributed by atoms with van der Waals surface area (Å²) in [6, 6.07) is 9.92. The second-order valence-corrected chi connectivity index (χ2v) is 7.20. The second kappa shape index (κ2) is 8.96. The molecule has 0 radical (unpaired) electrons. The van der Waals surface area contributed by atoms with Crippen LogP contribution in [-0.2, 0) is 19.1 Å². The largest absolute Gasteiger partial charge is 0.466 e. The monoisotopic (exact) mass is 489 g/mol. The molecule has 2 amide bonds. The molecule has 3 rings (SSSR count). The number of halogens is 1. The van der Waals surface area contributed by atoms with E-state index in [1.807, 2.05) is 0 Å². The number of methoxy groups -OCH3 is 2. The third-order valence-corrected chi connectivity index (χ3v) is 5.07. The number of hydrogen-bond acceptors (Lipinski definition) is 7. The Morgan fingerprint density at radius 3 is 2.13 bits per heavy atom. The second-order valence-electron chi connectivity index (χ2n) is 6.29. The normalized spacial score (nSPS) is 15.9. The average molecular weight is 490 g/mol. The van der Waals surface area contributed by atoms with Crippen LogP contribution in [0, 0.1) is 10.1 Å². The fraction of sp³-hybridized carbons (Fsp3) is 0.150. The molecule has 2 aromatic carbocycles. The molecule has 0 saturated carbocycles. The Bertz CT molecular complexity index is 1080. The quantitative estimate of drug-likeness (QED) is 0.387. The van der Waals surface area contributed by atoms with Crippen LogP contribution in [0.5, 0.6) is 0 Å². The van der Waals surface area contributed by atoms with Gasteiger partial charge < -0.3 is 14.8 Å². The van der Waals surface area contributed by atoms with Crippen LogP contribution in [0.2, 0.25) is 0 Å². The number of carbonyl (C=O) groups is 3. The van der Waals surface area contributed by atoms with E-state index in [0.717, 1.165) is 23.6 Å². The number of hydrogen-bond donors (Lipinski definition) is 1. The molecule has 0 unspecified atom stereocenters. The van der Waals surface area contributed by atoms with Gasteiger partial charge in [0, 0.05) is 16.6 Å². The lowest BCUT2D eigenvalue weighted by atomic mass is 9.94. The van der Waals surface area contributed by atoms with E-state index in [-0.39, 0.29) is 17.0 Å². The van der Waals surface area contributed by atoms with Crippen LogP contribution in [0.1, 0.15) is 11.6 Å². The van der Waals surface area contributed by atoms with Crippen molar-refractivity contribution in [1.82, 2.24) is 5.32 Å². The maximum absolute atomic E-state index is 13.0. The lowest BCUT2D eigenvalue weighted by Gasteiger charge is -2.35. The summed E-state index contributed by atoms with van der Waals surface area (Å²) in [6.45, 7) is 0. The fourth-order valence-electron chi connectivity index (χ4n) is 3.12. The number of esters is 2. The van der Waals surface area contributed by atoms with Crippen LogP contribution < -0.4 is 10.2 Å². The van der Waals surface area contributed by atoms with E-state index in [4.69, 9.17) is 9.47 Å². The van der Waals surface area contributed by atoms with E-state index in [1.54, 1.807) is 24.3 Å². The maximum atomic E-state index is 13.0. The van der Waals surface area contributed by atoms with Crippen molar-refractivity contribution in [3.05, 3.63) is 80.0 Å². The Kier molecular flexibility index (Phi) is 6.35. The van der Waals surface area contributed by atoms with Crippen molar-refractivity contribution in [1.29, 1.82) is 0 Å². The third kappa shape index (κ3) is 4.26. The minimum absolute atomic E-state index is 0.167. The molecule has 1 N–H and O–H groups in total. The van der Waals surface area contributed by atoms with E-state index < -0.39 is 28.9 Å². The van der Waals surface area contributed by atoms with Crippen LogP contribution in [0.3, 0.4) is 0 Å². The van der Waals surface area contributed by atoms with Crippen molar-refractivity contribution in [2.75, 3.05) is 19.1 Å². The first-order valence-electron chi connectivity index (χ1n) is 8.79. The minimum Gasteiger partial charge on any atom is -0.466 e. The van der Waals surface area contributed by atoms with Gasteiger partial charge in [0.1, 0.15) is 5.70 Å². The molecule has 11 heteroatoms. The first-order chi connectivity index (χ1) is 14.8. The lowest BCUT2D eigenvalue weighted by molar-refractivity contribution is -0.384. The van der Waals surface area contributed by atoms with Gasteiger partial charge in [0.05, 0.1) is 36.4 Å². The van der Waals surface area contributed by atoms with E-state index in [2.05, 4.69) is 21.2 Å². The number of amides is 2. The van der Waals surface area contributed by atoms with Crippen molar-refractivity contribution >= 4 is 45.3 Å². The highest BCUT2D eigenvalue weighted by Crippen LogP contribution is 2.35. The number of anilines is 1. The third-order valence-electron chi connectivity index (χ3n) is 4.54. The van der Waals surface area contributed by atoms with Crippen molar-refractivity contribution in [3.8, 4) is 0 Å². The predicted octanol–water partition coefficient (Wildman–Crippen LogP) is 3.23. The first-order valence-corrected chi connectivity index (χ1v) is 9.59. The van der Waals surface area contributed by atoms with Gasteiger partial charge in [-0.1, -0.05) is 15.9 Å². The van der Waals surface area contributed by atoms with E-state index in [9.17, 15) is 24.5 Å². The summed E-state index contributed by atoms with van der Waals surface area (Å²) in [6.07, 6.45) is 0. The first kappa shape index (κ1) is 22.0. The van der Waals surface area contributed by atoms with Crippen molar-refractivity contribution in [3.63, 3.8) is 0 Å². The highest BCUT2D eigenvalue weighted by atomic mass is 79.9. The summed E-state index contributed by atoms with van der Waals surface area (Å²) in [5.41, 5.74) is -0.00507. The van der Waals surface area contributed by atoms with E-state index >= 15 is 0 Å². The van der Waals surface area contributed by atoms with Crippen molar-refractivity contribution in [2.24, 2.45) is 0 Å². The van der Waals surface area contributed by atoms with Gasteiger partial charge in [-0.25, -0.2) is 14.4 Å². The van der Waals surface area contributed by atoms with Gasteiger partial charge in [0.15, 0.2) is 0 Å². The number of carbonyl (C=O) groups excluding carboxylic acids is 3. The number of ether oxygens (including phenoxy) is 2. The number of non-ortho nitro benzene ring substituents is 1. The summed E-state index contributed by atoms with van der Waals surface area (Å²) in [7, 11) is 2.26. The number of nitro benzene ring substituents is 1. The highest BCUT2D eigenvalue weighted by Gasteiger charge is 2.42. The number of urea groups is 1. The minimum atomic E-state index is -1.10. The van der Waals surface area contributed by atoms with Gasteiger partial charge in [-0.15, -0.1) is 0 Å². The Morgan fingerprint density at radius 2 is 1.61 bits per heavy atom. The summed E-state index contributed by atoms with van der Waals surface area (Å²) in [5.74, 6) is -1.80. The molecule has 0 fully saturated rings. The van der Waals surface area contributed by atoms with Crippen LogP contribution in [0.15, 0.2) is 64.3 Å². The SMILES string of the molecule is COC(=O)C1=C(C(=O)OC)N(c2ccc(Br)cc2)C(=O)N[C@H]1c1ccc([N+](=O)[O-])cc1. The molecule has 1 heterocycles. The number of nitro groups is 1.